The molecule has 0 bridgehead atoms. The fraction of sp³-hybridized carbons (Fsp3) is 0.0323. The van der Waals surface area contributed by atoms with Crippen molar-refractivity contribution in [3.63, 3.8) is 0 Å². The van der Waals surface area contributed by atoms with Gasteiger partial charge in [-0.15, -0.1) is 0 Å². The molecule has 4 rings (SSSR count). The number of benzene rings is 4. The Labute approximate surface area is 204 Å². The molecule has 35 heavy (non-hydrogen) atoms. The summed E-state index contributed by atoms with van der Waals surface area (Å²) in [6, 6.07) is 33.8. The number of ketones is 2. The third-order valence-corrected chi connectivity index (χ3v) is 4.95. The van der Waals surface area contributed by atoms with E-state index in [9.17, 15) is 9.59 Å². The maximum atomic E-state index is 12.3. The molecule has 0 amide bonds. The Bertz CT molecular complexity index is 1230. The standard InChI is InChI=1S/C31H24O4/c32-26(19-17-24-9-7-15-30(21-24)34-28-11-3-1-4-12-28)23-27(33)20-18-25-10-8-16-31(22-25)35-29-13-5-2-6-14-29/h1-22H,23H2. The minimum absolute atomic E-state index is 0.201. The first-order valence-corrected chi connectivity index (χ1v) is 11.2. The van der Waals surface area contributed by atoms with E-state index in [-0.39, 0.29) is 18.0 Å². The van der Waals surface area contributed by atoms with Gasteiger partial charge in [-0.3, -0.25) is 9.59 Å². The number of carbonyl (C=O) groups is 2. The van der Waals surface area contributed by atoms with Gasteiger partial charge in [0.15, 0.2) is 11.6 Å². The van der Waals surface area contributed by atoms with Gasteiger partial charge in [-0.1, -0.05) is 72.8 Å². The van der Waals surface area contributed by atoms with E-state index in [4.69, 9.17) is 9.47 Å². The van der Waals surface area contributed by atoms with Gasteiger partial charge in [0.1, 0.15) is 23.0 Å². The molecule has 0 aliphatic heterocycles. The van der Waals surface area contributed by atoms with Crippen molar-refractivity contribution in [2.24, 2.45) is 0 Å². The van der Waals surface area contributed by atoms with Crippen LogP contribution in [0.25, 0.3) is 12.2 Å². The zero-order valence-electron chi connectivity index (χ0n) is 19.0. The number of carbonyl (C=O) groups excluding carboxylic acids is 2. The summed E-state index contributed by atoms with van der Waals surface area (Å²) in [6.45, 7) is 0. The monoisotopic (exact) mass is 460 g/mol. The Morgan fingerprint density at radius 2 is 0.914 bits per heavy atom. The lowest BCUT2D eigenvalue weighted by molar-refractivity contribution is -0.121. The van der Waals surface area contributed by atoms with Crippen LogP contribution < -0.4 is 9.47 Å². The smallest absolute Gasteiger partial charge is 0.163 e. The van der Waals surface area contributed by atoms with Crippen molar-refractivity contribution >= 4 is 23.7 Å². The Morgan fingerprint density at radius 1 is 0.514 bits per heavy atom. The molecule has 0 radical (unpaired) electrons. The summed E-state index contributed by atoms with van der Waals surface area (Å²) < 4.78 is 11.6. The first-order valence-electron chi connectivity index (χ1n) is 11.2. The highest BCUT2D eigenvalue weighted by molar-refractivity contribution is 6.10. The van der Waals surface area contributed by atoms with Gasteiger partial charge in [0.25, 0.3) is 0 Å². The lowest BCUT2D eigenvalue weighted by Gasteiger charge is -2.06. The van der Waals surface area contributed by atoms with Crippen LogP contribution in [0.4, 0.5) is 0 Å². The lowest BCUT2D eigenvalue weighted by Crippen LogP contribution is -2.01. The number of allylic oxidation sites excluding steroid dienone is 2. The molecule has 4 aromatic rings. The van der Waals surface area contributed by atoms with E-state index in [1.54, 1.807) is 12.2 Å². The number of hydrogen-bond donors (Lipinski definition) is 0. The number of hydrogen-bond acceptors (Lipinski definition) is 4. The first-order chi connectivity index (χ1) is 17.1. The zero-order valence-corrected chi connectivity index (χ0v) is 19.0. The average Bonchev–Trinajstić information content (AvgIpc) is 2.88. The van der Waals surface area contributed by atoms with Crippen molar-refractivity contribution in [2.75, 3.05) is 0 Å². The second-order valence-corrected chi connectivity index (χ2v) is 7.75. The van der Waals surface area contributed by atoms with E-state index >= 15 is 0 Å². The van der Waals surface area contributed by atoms with Crippen LogP contribution >= 0.6 is 0 Å². The predicted molar refractivity (Wildman–Crippen MR) is 139 cm³/mol. The van der Waals surface area contributed by atoms with Crippen molar-refractivity contribution in [3.8, 4) is 23.0 Å². The van der Waals surface area contributed by atoms with Gasteiger partial charge in [0, 0.05) is 0 Å². The van der Waals surface area contributed by atoms with E-state index in [0.717, 1.165) is 22.6 Å². The van der Waals surface area contributed by atoms with Crippen molar-refractivity contribution in [1.29, 1.82) is 0 Å². The molecule has 4 heteroatoms. The third-order valence-electron chi connectivity index (χ3n) is 4.95. The van der Waals surface area contributed by atoms with E-state index < -0.39 is 0 Å². The molecule has 4 nitrogen and oxygen atoms in total. The Balaban J connectivity index is 1.30. The highest BCUT2D eigenvalue weighted by atomic mass is 16.5. The minimum atomic E-state index is -0.268. The van der Waals surface area contributed by atoms with Crippen LogP contribution in [0.1, 0.15) is 17.5 Å². The Kier molecular flexibility index (Phi) is 8.01. The molecule has 4 aromatic carbocycles. The summed E-state index contributed by atoms with van der Waals surface area (Å²) in [6.07, 6.45) is 6.00. The van der Waals surface area contributed by atoms with Crippen LogP contribution in [0, 0.1) is 0 Å². The molecule has 0 spiro atoms. The quantitative estimate of drug-likeness (QED) is 0.181. The molecule has 0 atom stereocenters. The van der Waals surface area contributed by atoms with E-state index in [1.807, 2.05) is 109 Å². The average molecular weight is 461 g/mol. The highest BCUT2D eigenvalue weighted by Gasteiger charge is 2.05. The van der Waals surface area contributed by atoms with Crippen LogP contribution in [-0.4, -0.2) is 11.6 Å². The molecule has 0 aliphatic rings. The normalized spacial score (nSPS) is 11.0. The van der Waals surface area contributed by atoms with Gasteiger partial charge < -0.3 is 9.47 Å². The first kappa shape index (κ1) is 23.5. The van der Waals surface area contributed by atoms with Gasteiger partial charge in [-0.2, -0.15) is 0 Å². The molecule has 0 unspecified atom stereocenters. The van der Waals surface area contributed by atoms with Crippen LogP contribution in [0.5, 0.6) is 23.0 Å². The van der Waals surface area contributed by atoms with Gasteiger partial charge >= 0.3 is 0 Å². The molecule has 0 saturated carbocycles. The number of rotatable bonds is 10. The zero-order chi connectivity index (χ0) is 24.3. The largest absolute Gasteiger partial charge is 0.457 e. The topological polar surface area (TPSA) is 52.6 Å². The molecule has 0 fully saturated rings. The highest BCUT2D eigenvalue weighted by Crippen LogP contribution is 2.23. The van der Waals surface area contributed by atoms with E-state index in [1.165, 1.54) is 12.2 Å². The van der Waals surface area contributed by atoms with Gasteiger partial charge in [0.2, 0.25) is 0 Å². The summed E-state index contributed by atoms with van der Waals surface area (Å²) in [5, 5.41) is 0. The third kappa shape index (κ3) is 7.69. The second-order valence-electron chi connectivity index (χ2n) is 7.75. The maximum Gasteiger partial charge on any atom is 0.163 e. The van der Waals surface area contributed by atoms with Crippen LogP contribution in [0.15, 0.2) is 121 Å². The lowest BCUT2D eigenvalue weighted by atomic mass is 10.1. The van der Waals surface area contributed by atoms with Crippen LogP contribution in [0.3, 0.4) is 0 Å². The van der Waals surface area contributed by atoms with Crippen LogP contribution in [-0.2, 0) is 9.59 Å². The molecule has 172 valence electrons. The molecule has 0 N–H and O–H groups in total. The molecule has 0 aromatic heterocycles. The van der Waals surface area contributed by atoms with Crippen molar-refractivity contribution in [3.05, 3.63) is 132 Å². The Hall–Kier alpha value is -4.70. The SMILES string of the molecule is O=C(C=Cc1cccc(Oc2ccccc2)c1)CC(=O)C=Cc1cccc(Oc2ccccc2)c1. The summed E-state index contributed by atoms with van der Waals surface area (Å²) >= 11 is 0. The molecular formula is C31H24O4. The minimum Gasteiger partial charge on any atom is -0.457 e. The van der Waals surface area contributed by atoms with Gasteiger partial charge in [-0.25, -0.2) is 0 Å². The maximum absolute atomic E-state index is 12.3. The van der Waals surface area contributed by atoms with Crippen molar-refractivity contribution < 1.29 is 19.1 Å². The molecular weight excluding hydrogens is 436 g/mol. The second kappa shape index (κ2) is 12.0. The molecule has 0 aliphatic carbocycles. The van der Waals surface area contributed by atoms with Gasteiger partial charge in [0.05, 0.1) is 6.42 Å². The number of ether oxygens (including phenoxy) is 2. The van der Waals surface area contributed by atoms with Gasteiger partial charge in [-0.05, 0) is 71.8 Å². The van der Waals surface area contributed by atoms with E-state index in [2.05, 4.69) is 0 Å². The van der Waals surface area contributed by atoms with Crippen molar-refractivity contribution in [1.82, 2.24) is 0 Å². The summed E-state index contributed by atoms with van der Waals surface area (Å²) in [7, 11) is 0. The molecule has 0 heterocycles. The van der Waals surface area contributed by atoms with Crippen molar-refractivity contribution in [2.45, 2.75) is 6.42 Å². The van der Waals surface area contributed by atoms with E-state index in [0.29, 0.717) is 11.5 Å². The fourth-order valence-electron chi connectivity index (χ4n) is 3.28. The number of para-hydroxylation sites is 2. The predicted octanol–water partition coefficient (Wildman–Crippen LogP) is 7.53. The summed E-state index contributed by atoms with van der Waals surface area (Å²) in [4.78, 5) is 24.6. The molecule has 0 saturated heterocycles. The Morgan fingerprint density at radius 3 is 1.34 bits per heavy atom. The fourth-order valence-corrected chi connectivity index (χ4v) is 3.28. The summed E-state index contributed by atoms with van der Waals surface area (Å²) in [5.41, 5.74) is 1.62. The van der Waals surface area contributed by atoms with Crippen LogP contribution in [0.2, 0.25) is 0 Å². The summed E-state index contributed by atoms with van der Waals surface area (Å²) in [5.74, 6) is 2.27.